The van der Waals surface area contributed by atoms with Crippen LogP contribution in [0.3, 0.4) is 0 Å². The Balaban J connectivity index is 4.42. The average molecular weight is 278 g/mol. The maximum Gasteiger partial charge on any atom is 0.239 e. The number of hydrogen-bond acceptors (Lipinski definition) is 6. The minimum atomic E-state index is -1.24. The quantitative estimate of drug-likeness (QED) is 0.381. The molecule has 0 aromatic rings. The highest BCUT2D eigenvalue weighted by Crippen LogP contribution is 2.19. The summed E-state index contributed by atoms with van der Waals surface area (Å²) in [6, 6.07) is 0. The van der Waals surface area contributed by atoms with Crippen LogP contribution < -0.4 is 0 Å². The van der Waals surface area contributed by atoms with Crippen molar-refractivity contribution in [3.63, 3.8) is 0 Å². The molecular weight excluding hydrogens is 256 g/mol. The first kappa shape index (κ1) is 17.7. The van der Waals surface area contributed by atoms with Gasteiger partial charge in [0.1, 0.15) is 13.2 Å². The first-order chi connectivity index (χ1) is 8.30. The van der Waals surface area contributed by atoms with E-state index in [9.17, 15) is 20.2 Å². The lowest BCUT2D eigenvalue weighted by Gasteiger charge is -2.29. The van der Waals surface area contributed by atoms with Crippen molar-refractivity contribution in [3.05, 3.63) is 20.2 Å². The minimum absolute atomic E-state index is 0.147. The van der Waals surface area contributed by atoms with Crippen LogP contribution in [-0.2, 0) is 9.47 Å². The van der Waals surface area contributed by atoms with Crippen LogP contribution in [0.1, 0.15) is 41.5 Å². The van der Waals surface area contributed by atoms with Crippen LogP contribution in [0.15, 0.2) is 0 Å². The van der Waals surface area contributed by atoms with Crippen LogP contribution >= 0.6 is 0 Å². The van der Waals surface area contributed by atoms with Crippen molar-refractivity contribution in [2.45, 2.75) is 58.4 Å². The normalized spacial score (nSPS) is 13.4. The third-order valence-electron chi connectivity index (χ3n) is 2.53. The molecule has 0 bridgehead atoms. The van der Waals surface area contributed by atoms with Gasteiger partial charge in [0.15, 0.2) is 5.79 Å². The van der Waals surface area contributed by atoms with E-state index in [4.69, 9.17) is 9.47 Å². The van der Waals surface area contributed by atoms with E-state index in [0.29, 0.717) is 0 Å². The summed E-state index contributed by atoms with van der Waals surface area (Å²) in [5, 5.41) is 21.5. The predicted molar refractivity (Wildman–Crippen MR) is 68.1 cm³/mol. The number of nitro groups is 2. The summed E-state index contributed by atoms with van der Waals surface area (Å²) >= 11 is 0. The largest absolute Gasteiger partial charge is 0.343 e. The van der Waals surface area contributed by atoms with Gasteiger partial charge in [-0.25, -0.2) is 0 Å². The molecule has 0 saturated heterocycles. The van der Waals surface area contributed by atoms with E-state index in [1.54, 1.807) is 13.8 Å². The van der Waals surface area contributed by atoms with E-state index in [0.717, 1.165) is 0 Å². The van der Waals surface area contributed by atoms with Gasteiger partial charge in [-0.05, 0) is 13.8 Å². The second-order valence-electron chi connectivity index (χ2n) is 6.12. The van der Waals surface area contributed by atoms with Crippen molar-refractivity contribution in [1.82, 2.24) is 0 Å². The lowest BCUT2D eigenvalue weighted by molar-refractivity contribution is -0.573. The second-order valence-corrected chi connectivity index (χ2v) is 6.12. The van der Waals surface area contributed by atoms with Gasteiger partial charge in [-0.15, -0.1) is 0 Å². The topological polar surface area (TPSA) is 105 Å². The Morgan fingerprint density at radius 1 is 0.789 bits per heavy atom. The van der Waals surface area contributed by atoms with Crippen molar-refractivity contribution >= 4 is 0 Å². The highest BCUT2D eigenvalue weighted by molar-refractivity contribution is 4.70. The Morgan fingerprint density at radius 3 is 1.26 bits per heavy atom. The summed E-state index contributed by atoms with van der Waals surface area (Å²) < 4.78 is 10.7. The molecular formula is C11H22N2O6. The molecule has 19 heavy (non-hydrogen) atoms. The third kappa shape index (κ3) is 5.93. The van der Waals surface area contributed by atoms with Gasteiger partial charge in [0.2, 0.25) is 11.1 Å². The Labute approximate surface area is 112 Å². The summed E-state index contributed by atoms with van der Waals surface area (Å²) in [5.74, 6) is -1.12. The van der Waals surface area contributed by atoms with Gasteiger partial charge in [0.05, 0.1) is 0 Å². The Hall–Kier alpha value is -1.28. The Kier molecular flexibility index (Phi) is 5.40. The molecule has 0 heterocycles. The van der Waals surface area contributed by atoms with Crippen molar-refractivity contribution in [2.24, 2.45) is 0 Å². The monoisotopic (exact) mass is 278 g/mol. The van der Waals surface area contributed by atoms with Crippen LogP contribution in [0.2, 0.25) is 0 Å². The smallest absolute Gasteiger partial charge is 0.239 e. The molecule has 8 nitrogen and oxygen atoms in total. The molecule has 0 aliphatic carbocycles. The Bertz CT molecular complexity index is 319. The van der Waals surface area contributed by atoms with Crippen molar-refractivity contribution in [1.29, 1.82) is 0 Å². The van der Waals surface area contributed by atoms with Gasteiger partial charge in [0.25, 0.3) is 0 Å². The standard InChI is InChI=1S/C11H22N2O6/c1-9(2,12(14)15)7-18-11(5,6)19-8-10(3,4)13(16)17/h7-8H2,1-6H3. The molecule has 0 amide bonds. The first-order valence-electron chi connectivity index (χ1n) is 5.87. The molecule has 0 aromatic carbocycles. The van der Waals surface area contributed by atoms with Crippen LogP contribution in [0.25, 0.3) is 0 Å². The van der Waals surface area contributed by atoms with Crippen molar-refractivity contribution < 1.29 is 19.3 Å². The highest BCUT2D eigenvalue weighted by Gasteiger charge is 2.37. The fraction of sp³-hybridized carbons (Fsp3) is 1.00. The van der Waals surface area contributed by atoms with E-state index >= 15 is 0 Å². The number of hydrogen-bond donors (Lipinski definition) is 0. The molecule has 0 unspecified atom stereocenters. The van der Waals surface area contributed by atoms with Gasteiger partial charge in [-0.2, -0.15) is 0 Å². The molecule has 0 spiro atoms. The van der Waals surface area contributed by atoms with E-state index in [-0.39, 0.29) is 13.2 Å². The van der Waals surface area contributed by atoms with Crippen molar-refractivity contribution in [2.75, 3.05) is 13.2 Å². The molecule has 0 aliphatic heterocycles. The van der Waals surface area contributed by atoms with Gasteiger partial charge < -0.3 is 9.47 Å². The molecule has 0 atom stereocenters. The van der Waals surface area contributed by atoms with Gasteiger partial charge in [0, 0.05) is 37.5 Å². The zero-order valence-corrected chi connectivity index (χ0v) is 12.3. The first-order valence-corrected chi connectivity index (χ1v) is 5.87. The summed E-state index contributed by atoms with van der Waals surface area (Å²) in [7, 11) is 0. The number of nitrogens with zero attached hydrogens (tertiary/aromatic N) is 2. The second kappa shape index (κ2) is 5.79. The maximum atomic E-state index is 10.7. The molecule has 0 saturated carbocycles. The van der Waals surface area contributed by atoms with Crippen LogP contribution in [-0.4, -0.2) is 39.9 Å². The number of rotatable bonds is 8. The molecule has 0 aromatic heterocycles. The zero-order chi connectivity index (χ0) is 15.5. The van der Waals surface area contributed by atoms with Gasteiger partial charge in [-0.1, -0.05) is 0 Å². The zero-order valence-electron chi connectivity index (χ0n) is 12.3. The summed E-state index contributed by atoms with van der Waals surface area (Å²) in [5.41, 5.74) is -2.47. The fourth-order valence-corrected chi connectivity index (χ4v) is 0.848. The maximum absolute atomic E-state index is 10.7. The van der Waals surface area contributed by atoms with Crippen LogP contribution in [0.4, 0.5) is 0 Å². The summed E-state index contributed by atoms with van der Waals surface area (Å²) in [6.07, 6.45) is 0. The highest BCUT2D eigenvalue weighted by atomic mass is 16.7. The average Bonchev–Trinajstić information content (AvgIpc) is 2.24. The molecule has 0 fully saturated rings. The van der Waals surface area contributed by atoms with Gasteiger partial charge >= 0.3 is 0 Å². The molecule has 0 aliphatic rings. The van der Waals surface area contributed by atoms with Crippen LogP contribution in [0.5, 0.6) is 0 Å². The lowest BCUT2D eigenvalue weighted by Crippen LogP contribution is -2.44. The lowest BCUT2D eigenvalue weighted by atomic mass is 10.1. The van der Waals surface area contributed by atoms with Crippen LogP contribution in [0, 0.1) is 20.2 Å². The SMILES string of the molecule is CC(C)(OCC(C)(C)[N+](=O)[O-])OCC(C)(C)[N+](=O)[O-]. The van der Waals surface area contributed by atoms with Gasteiger partial charge in [-0.3, -0.25) is 20.2 Å². The molecule has 0 radical (unpaired) electrons. The number of ether oxygens (including phenoxy) is 2. The Morgan fingerprint density at radius 2 is 1.05 bits per heavy atom. The van der Waals surface area contributed by atoms with E-state index in [2.05, 4.69) is 0 Å². The predicted octanol–water partition coefficient (Wildman–Crippen LogP) is 1.87. The van der Waals surface area contributed by atoms with Crippen molar-refractivity contribution in [3.8, 4) is 0 Å². The third-order valence-corrected chi connectivity index (χ3v) is 2.53. The molecule has 0 rings (SSSR count). The fourth-order valence-electron chi connectivity index (χ4n) is 0.848. The molecule has 112 valence electrons. The summed E-state index contributed by atoms with van der Waals surface area (Å²) in [6.45, 7) is 8.58. The van der Waals surface area contributed by atoms with E-state index in [1.165, 1.54) is 27.7 Å². The minimum Gasteiger partial charge on any atom is -0.343 e. The summed E-state index contributed by atoms with van der Waals surface area (Å²) in [4.78, 5) is 20.6. The van der Waals surface area contributed by atoms with E-state index in [1.807, 2.05) is 0 Å². The molecule has 8 heteroatoms. The van der Waals surface area contributed by atoms with E-state index < -0.39 is 26.7 Å². The molecule has 0 N–H and O–H groups in total.